The highest BCUT2D eigenvalue weighted by atomic mass is 32.2. The van der Waals surface area contributed by atoms with Crippen LogP contribution >= 0.6 is 12.2 Å². The van der Waals surface area contributed by atoms with Crippen LogP contribution < -0.4 is 9.80 Å². The lowest BCUT2D eigenvalue weighted by atomic mass is 9.75. The summed E-state index contributed by atoms with van der Waals surface area (Å²) in [6.45, 7) is 0. The molecule has 1 saturated heterocycles. The van der Waals surface area contributed by atoms with Gasteiger partial charge in [-0.15, -0.1) is 0 Å². The Balaban J connectivity index is 1.48. The van der Waals surface area contributed by atoms with Crippen molar-refractivity contribution in [3.8, 4) is 6.07 Å². The van der Waals surface area contributed by atoms with Gasteiger partial charge in [-0.25, -0.2) is 13.4 Å². The van der Waals surface area contributed by atoms with Gasteiger partial charge in [0.25, 0.3) is 5.91 Å². The fourth-order valence-corrected chi connectivity index (χ4v) is 6.67. The van der Waals surface area contributed by atoms with Crippen LogP contribution in [0.25, 0.3) is 0 Å². The first-order valence-corrected chi connectivity index (χ1v) is 13.9. The normalized spacial score (nSPS) is 16.9. The number of amides is 1. The average Bonchev–Trinajstić information content (AvgIpc) is 3.13. The number of carbonyl (C=O) groups excluding carboxylic acids is 1. The van der Waals surface area contributed by atoms with Crippen LogP contribution in [0.3, 0.4) is 0 Å². The van der Waals surface area contributed by atoms with Gasteiger partial charge in [0.15, 0.2) is 20.6 Å². The van der Waals surface area contributed by atoms with Crippen molar-refractivity contribution in [3.05, 3.63) is 77.9 Å². The number of halogens is 3. The molecule has 0 unspecified atom stereocenters. The molecule has 1 aliphatic heterocycles. The number of alkyl halides is 3. The minimum absolute atomic E-state index is 0.0726. The summed E-state index contributed by atoms with van der Waals surface area (Å²) >= 11 is 5.55. The smallest absolute Gasteiger partial charge is 0.303 e. The lowest BCUT2D eigenvalue weighted by Gasteiger charge is -2.43. The number of nitrogens with zero attached hydrogens (tertiary/aromatic N) is 5. The van der Waals surface area contributed by atoms with E-state index < -0.39 is 44.4 Å². The fraction of sp³-hybridized carbons (Fsp3) is 0.269. The number of aryl methyl sites for hydroxylation is 1. The molecule has 0 radical (unpaired) electrons. The molecule has 13 heteroatoms. The second-order valence-electron chi connectivity index (χ2n) is 9.23. The van der Waals surface area contributed by atoms with E-state index in [1.165, 1.54) is 35.2 Å². The van der Waals surface area contributed by atoms with Crippen molar-refractivity contribution in [2.24, 2.45) is 0 Å². The van der Waals surface area contributed by atoms with E-state index in [2.05, 4.69) is 9.97 Å². The van der Waals surface area contributed by atoms with Gasteiger partial charge in [0.1, 0.15) is 17.2 Å². The molecule has 0 bridgehead atoms. The largest absolute Gasteiger partial charge is 0.421 e. The summed E-state index contributed by atoms with van der Waals surface area (Å²) in [5.41, 5.74) is -2.75. The Hall–Kier alpha value is -3.89. The van der Waals surface area contributed by atoms with Crippen molar-refractivity contribution >= 4 is 44.4 Å². The highest BCUT2D eigenvalue weighted by Crippen LogP contribution is 2.49. The Morgan fingerprint density at radius 3 is 2.28 bits per heavy atom. The van der Waals surface area contributed by atoms with Gasteiger partial charge in [-0.1, -0.05) is 0 Å². The first-order valence-electron chi connectivity index (χ1n) is 11.9. The molecule has 3 aromatic rings. The Morgan fingerprint density at radius 1 is 1.05 bits per heavy atom. The van der Waals surface area contributed by atoms with Crippen LogP contribution in [0.15, 0.2) is 66.0 Å². The molecule has 39 heavy (non-hydrogen) atoms. The number of hydrogen-bond donors (Lipinski definition) is 0. The number of carbonyl (C=O) groups is 1. The number of benzene rings is 1. The van der Waals surface area contributed by atoms with Crippen molar-refractivity contribution in [1.82, 2.24) is 9.97 Å². The molecular formula is C26H20F3N5O3S2. The predicted octanol–water partition coefficient (Wildman–Crippen LogP) is 4.44. The quantitative estimate of drug-likeness (QED) is 0.400. The number of anilines is 2. The second-order valence-corrected chi connectivity index (χ2v) is 11.7. The number of sulfone groups is 1. The van der Waals surface area contributed by atoms with E-state index in [0.717, 1.165) is 22.7 Å². The van der Waals surface area contributed by atoms with Crippen molar-refractivity contribution < 1.29 is 26.4 Å². The summed E-state index contributed by atoms with van der Waals surface area (Å²) in [6, 6.07) is 11.7. The molecule has 1 saturated carbocycles. The molecule has 2 aliphatic rings. The zero-order chi connectivity index (χ0) is 28.0. The van der Waals surface area contributed by atoms with Crippen LogP contribution in [-0.4, -0.2) is 40.7 Å². The first kappa shape index (κ1) is 26.7. The number of rotatable bonds is 6. The zero-order valence-corrected chi connectivity index (χ0v) is 21.9. The third-order valence-corrected chi connectivity index (χ3v) is 9.11. The van der Waals surface area contributed by atoms with E-state index in [9.17, 15) is 31.6 Å². The molecule has 3 heterocycles. The molecule has 8 nitrogen and oxygen atoms in total. The molecule has 0 atom stereocenters. The molecule has 200 valence electrons. The van der Waals surface area contributed by atoms with Gasteiger partial charge >= 0.3 is 6.18 Å². The molecule has 0 N–H and O–H groups in total. The maximum Gasteiger partial charge on any atom is 0.421 e. The molecule has 1 aromatic carbocycles. The van der Waals surface area contributed by atoms with Crippen LogP contribution in [0, 0.1) is 11.3 Å². The molecular weight excluding hydrogens is 551 g/mol. The van der Waals surface area contributed by atoms with E-state index in [4.69, 9.17) is 12.2 Å². The van der Waals surface area contributed by atoms with E-state index in [1.54, 1.807) is 24.5 Å². The van der Waals surface area contributed by atoms with Crippen molar-refractivity contribution in [2.45, 2.75) is 42.3 Å². The van der Waals surface area contributed by atoms with E-state index in [0.29, 0.717) is 31.4 Å². The lowest BCUT2D eigenvalue weighted by molar-refractivity contribution is -0.137. The van der Waals surface area contributed by atoms with Gasteiger partial charge in [0, 0.05) is 24.3 Å². The number of aromatic nitrogens is 2. The summed E-state index contributed by atoms with van der Waals surface area (Å²) in [5.74, 6) is -0.758. The number of hydrogen-bond acceptors (Lipinski definition) is 7. The third-order valence-electron chi connectivity index (χ3n) is 7.01. The summed E-state index contributed by atoms with van der Waals surface area (Å²) in [6.07, 6.45) is 0.901. The zero-order valence-electron chi connectivity index (χ0n) is 20.2. The minimum atomic E-state index is -4.96. The van der Waals surface area contributed by atoms with Gasteiger partial charge in [0.2, 0.25) is 0 Å². The van der Waals surface area contributed by atoms with E-state index in [-0.39, 0.29) is 15.8 Å². The van der Waals surface area contributed by atoms with Crippen molar-refractivity contribution in [3.63, 3.8) is 0 Å². The number of pyridine rings is 2. The SMILES string of the molecule is N#Cc1nccc(N2C(=O)C3(CCC3)N(c3ccc(S(=O)(=O)CCc4ccncc4)cc3)C2=S)c1C(F)(F)F. The van der Waals surface area contributed by atoms with E-state index in [1.807, 2.05) is 0 Å². The van der Waals surface area contributed by atoms with Crippen LogP contribution in [0.4, 0.5) is 24.5 Å². The summed E-state index contributed by atoms with van der Waals surface area (Å²) in [5, 5.41) is 9.07. The van der Waals surface area contributed by atoms with Crippen molar-refractivity contribution in [2.75, 3.05) is 15.6 Å². The molecule has 1 aliphatic carbocycles. The average molecular weight is 572 g/mol. The lowest BCUT2D eigenvalue weighted by Crippen LogP contribution is -2.55. The second kappa shape index (κ2) is 9.69. The maximum atomic E-state index is 14.0. The predicted molar refractivity (Wildman–Crippen MR) is 140 cm³/mol. The molecule has 1 amide bonds. The van der Waals surface area contributed by atoms with Crippen LogP contribution in [-0.2, 0) is 27.2 Å². The number of nitriles is 1. The monoisotopic (exact) mass is 571 g/mol. The molecule has 1 spiro atoms. The van der Waals surface area contributed by atoms with Crippen molar-refractivity contribution in [1.29, 1.82) is 5.26 Å². The topological polar surface area (TPSA) is 107 Å². The van der Waals surface area contributed by atoms with E-state index >= 15 is 0 Å². The first-order chi connectivity index (χ1) is 18.5. The molecule has 5 rings (SSSR count). The summed E-state index contributed by atoms with van der Waals surface area (Å²) in [7, 11) is -3.64. The Labute approximate surface area is 227 Å². The maximum absolute atomic E-state index is 14.0. The van der Waals surface area contributed by atoms with Gasteiger partial charge in [-0.05, 0) is 85.9 Å². The summed E-state index contributed by atoms with van der Waals surface area (Å²) < 4.78 is 67.8. The fourth-order valence-electron chi connectivity index (χ4n) is 4.92. The van der Waals surface area contributed by atoms with Gasteiger partial charge in [-0.3, -0.25) is 14.7 Å². The molecule has 2 fully saturated rings. The van der Waals surface area contributed by atoms with Crippen LogP contribution in [0.5, 0.6) is 0 Å². The van der Waals surface area contributed by atoms with Gasteiger partial charge < -0.3 is 4.90 Å². The van der Waals surface area contributed by atoms with Gasteiger partial charge in [-0.2, -0.15) is 18.4 Å². The standard InChI is InChI=1S/C26H20F3N5O3S2/c27-26(28,29)22-20(16-30)32-14-8-21(22)33-23(35)25(10-1-11-25)34(24(33)38)18-2-4-19(5-3-18)39(36,37)15-9-17-6-12-31-13-7-17/h2-8,12-14H,1,9-11,15H2. The highest BCUT2D eigenvalue weighted by Gasteiger charge is 2.60. The Morgan fingerprint density at radius 2 is 1.72 bits per heavy atom. The molecule has 2 aromatic heterocycles. The minimum Gasteiger partial charge on any atom is -0.303 e. The Kier molecular flexibility index (Phi) is 6.64. The number of thiocarbonyl (C=S) groups is 1. The summed E-state index contributed by atoms with van der Waals surface area (Å²) in [4.78, 5) is 23.5. The van der Waals surface area contributed by atoms with Crippen LogP contribution in [0.1, 0.15) is 36.1 Å². The Bertz CT molecular complexity index is 1600. The third kappa shape index (κ3) is 4.53. The van der Waals surface area contributed by atoms with Crippen LogP contribution in [0.2, 0.25) is 0 Å². The highest BCUT2D eigenvalue weighted by molar-refractivity contribution is 7.91. The van der Waals surface area contributed by atoms with Gasteiger partial charge in [0.05, 0.1) is 16.3 Å².